The van der Waals surface area contributed by atoms with Gasteiger partial charge in [-0.1, -0.05) is 6.07 Å². The van der Waals surface area contributed by atoms with Crippen LogP contribution in [0.5, 0.6) is 0 Å². The van der Waals surface area contributed by atoms with E-state index in [1.165, 1.54) is 18.2 Å². The fourth-order valence-corrected chi connectivity index (χ4v) is 4.34. The van der Waals surface area contributed by atoms with Crippen molar-refractivity contribution in [2.24, 2.45) is 0 Å². The summed E-state index contributed by atoms with van der Waals surface area (Å²) in [5.74, 6) is -0.689. The number of morpholine rings is 1. The Bertz CT molecular complexity index is 869. The molecule has 10 heteroatoms. The van der Waals surface area contributed by atoms with Gasteiger partial charge in [0.05, 0.1) is 17.2 Å². The van der Waals surface area contributed by atoms with Gasteiger partial charge in [0.25, 0.3) is 10.0 Å². The number of carbonyl (C=O) groups excluding carboxylic acids is 1. The predicted octanol–water partition coefficient (Wildman–Crippen LogP) is 1.48. The van der Waals surface area contributed by atoms with E-state index in [1.807, 2.05) is 0 Å². The normalized spacial score (nSPS) is 15.4. The van der Waals surface area contributed by atoms with Gasteiger partial charge in [-0.15, -0.1) is 11.3 Å². The number of sulfonamides is 1. The lowest BCUT2D eigenvalue weighted by atomic mass is 10.3. The highest BCUT2D eigenvalue weighted by molar-refractivity contribution is 7.93. The first-order valence-electron chi connectivity index (χ1n) is 7.52. The Morgan fingerprint density at radius 2 is 2.24 bits per heavy atom. The summed E-state index contributed by atoms with van der Waals surface area (Å²) < 4.78 is 45.1. The van der Waals surface area contributed by atoms with Gasteiger partial charge >= 0.3 is 0 Å². The molecular formula is C15H16FN3O4S2. The fourth-order valence-electron chi connectivity index (χ4n) is 2.31. The number of halogens is 1. The minimum Gasteiger partial charge on any atom is -0.370 e. The van der Waals surface area contributed by atoms with Gasteiger partial charge in [0, 0.05) is 24.9 Å². The summed E-state index contributed by atoms with van der Waals surface area (Å²) >= 11 is 1.14. The number of hydrogen-bond donors (Lipinski definition) is 1. The first-order valence-corrected chi connectivity index (χ1v) is 9.89. The van der Waals surface area contributed by atoms with Crippen molar-refractivity contribution in [1.29, 1.82) is 0 Å². The molecule has 1 aliphatic rings. The highest BCUT2D eigenvalue weighted by atomic mass is 32.2. The van der Waals surface area contributed by atoms with Crippen LogP contribution in [0, 0.1) is 5.82 Å². The largest absolute Gasteiger partial charge is 0.370 e. The van der Waals surface area contributed by atoms with E-state index < -0.39 is 15.8 Å². The average Bonchev–Trinajstić information content (AvgIpc) is 3.01. The van der Waals surface area contributed by atoms with Crippen LogP contribution in [0.1, 0.15) is 5.69 Å². The number of nitrogens with zero attached hydrogens (tertiary/aromatic N) is 2. The maximum atomic E-state index is 13.2. The summed E-state index contributed by atoms with van der Waals surface area (Å²) in [6.45, 7) is 1.65. The molecule has 2 aromatic rings. The molecule has 0 atom stereocenters. The molecule has 0 unspecified atom stereocenters. The van der Waals surface area contributed by atoms with Gasteiger partial charge in [0.2, 0.25) is 5.91 Å². The number of carbonyl (C=O) groups is 1. The Kier molecular flexibility index (Phi) is 5.30. The van der Waals surface area contributed by atoms with E-state index in [4.69, 9.17) is 4.74 Å². The summed E-state index contributed by atoms with van der Waals surface area (Å²) in [5.41, 5.74) is 0.682. The van der Waals surface area contributed by atoms with Crippen LogP contribution >= 0.6 is 11.3 Å². The van der Waals surface area contributed by atoms with Crippen LogP contribution in [-0.4, -0.2) is 50.5 Å². The van der Waals surface area contributed by atoms with Crippen LogP contribution < -0.4 is 4.72 Å². The summed E-state index contributed by atoms with van der Waals surface area (Å²) in [6.07, 6.45) is 0.518. The SMILES string of the molecule is O=C1COCCN1CCc1csc(NS(=O)(=O)c2cccc(F)c2)n1. The van der Waals surface area contributed by atoms with Gasteiger partial charge < -0.3 is 9.64 Å². The number of nitrogens with one attached hydrogen (secondary N) is 1. The summed E-state index contributed by atoms with van der Waals surface area (Å²) in [4.78, 5) is 17.4. The molecular weight excluding hydrogens is 369 g/mol. The standard InChI is InChI=1S/C15H16FN3O4S2/c16-11-2-1-3-13(8-11)25(21,22)18-15-17-12(10-24-15)4-5-19-6-7-23-9-14(19)20/h1-3,8,10H,4-7,9H2,(H,17,18). The smallest absolute Gasteiger partial charge is 0.263 e. The van der Waals surface area contributed by atoms with E-state index in [0.717, 1.165) is 17.4 Å². The van der Waals surface area contributed by atoms with Gasteiger partial charge in [0.1, 0.15) is 12.4 Å². The highest BCUT2D eigenvalue weighted by Crippen LogP contribution is 2.21. The van der Waals surface area contributed by atoms with E-state index >= 15 is 0 Å². The Hall–Kier alpha value is -2.04. The van der Waals surface area contributed by atoms with Crippen LogP contribution in [0.25, 0.3) is 0 Å². The van der Waals surface area contributed by atoms with Crippen molar-refractivity contribution in [2.75, 3.05) is 31.0 Å². The molecule has 1 fully saturated rings. The van der Waals surface area contributed by atoms with Crippen LogP contribution in [0.4, 0.5) is 9.52 Å². The average molecular weight is 385 g/mol. The molecule has 1 aromatic heterocycles. The van der Waals surface area contributed by atoms with Crippen molar-refractivity contribution in [2.45, 2.75) is 11.3 Å². The third-order valence-electron chi connectivity index (χ3n) is 3.60. The molecule has 1 N–H and O–H groups in total. The van der Waals surface area contributed by atoms with Gasteiger partial charge in [-0.2, -0.15) is 0 Å². The molecule has 1 saturated heterocycles. The molecule has 1 aromatic carbocycles. The number of rotatable bonds is 6. The second kappa shape index (κ2) is 7.46. The second-order valence-electron chi connectivity index (χ2n) is 5.39. The lowest BCUT2D eigenvalue weighted by Crippen LogP contribution is -2.42. The minimum absolute atomic E-state index is 0.0616. The molecule has 25 heavy (non-hydrogen) atoms. The Morgan fingerprint density at radius 1 is 1.40 bits per heavy atom. The third kappa shape index (κ3) is 4.53. The Morgan fingerprint density at radius 3 is 3.00 bits per heavy atom. The quantitative estimate of drug-likeness (QED) is 0.814. The molecule has 0 saturated carbocycles. The molecule has 1 aliphatic heterocycles. The number of benzene rings is 1. The maximum Gasteiger partial charge on any atom is 0.263 e. The molecule has 0 spiro atoms. The van der Waals surface area contributed by atoms with Crippen molar-refractivity contribution < 1.29 is 22.3 Å². The predicted molar refractivity (Wildman–Crippen MR) is 90.4 cm³/mol. The van der Waals surface area contributed by atoms with Crippen molar-refractivity contribution in [1.82, 2.24) is 9.88 Å². The number of thiazole rings is 1. The van der Waals surface area contributed by atoms with E-state index in [9.17, 15) is 17.6 Å². The van der Waals surface area contributed by atoms with Crippen molar-refractivity contribution in [3.8, 4) is 0 Å². The summed E-state index contributed by atoms with van der Waals surface area (Å²) in [6, 6.07) is 4.76. The van der Waals surface area contributed by atoms with Crippen LogP contribution in [0.3, 0.4) is 0 Å². The van der Waals surface area contributed by atoms with E-state index in [2.05, 4.69) is 9.71 Å². The van der Waals surface area contributed by atoms with E-state index in [1.54, 1.807) is 10.3 Å². The highest BCUT2D eigenvalue weighted by Gasteiger charge is 2.19. The zero-order chi connectivity index (χ0) is 17.9. The first-order chi connectivity index (χ1) is 11.9. The summed E-state index contributed by atoms with van der Waals surface area (Å²) in [5, 5.41) is 1.93. The van der Waals surface area contributed by atoms with E-state index in [-0.39, 0.29) is 22.5 Å². The molecule has 3 rings (SSSR count). The van der Waals surface area contributed by atoms with E-state index in [0.29, 0.717) is 31.8 Å². The van der Waals surface area contributed by atoms with Gasteiger partial charge in [0.15, 0.2) is 5.13 Å². The van der Waals surface area contributed by atoms with Crippen molar-refractivity contribution in [3.63, 3.8) is 0 Å². The van der Waals surface area contributed by atoms with Gasteiger partial charge in [-0.05, 0) is 18.2 Å². The van der Waals surface area contributed by atoms with Gasteiger partial charge in [-0.3, -0.25) is 9.52 Å². The molecule has 0 bridgehead atoms. The number of hydrogen-bond acceptors (Lipinski definition) is 6. The number of anilines is 1. The van der Waals surface area contributed by atoms with Crippen molar-refractivity contribution in [3.05, 3.63) is 41.2 Å². The third-order valence-corrected chi connectivity index (χ3v) is 5.87. The van der Waals surface area contributed by atoms with Crippen LogP contribution in [0.2, 0.25) is 0 Å². The maximum absolute atomic E-state index is 13.2. The Labute approximate surface area is 148 Å². The summed E-state index contributed by atoms with van der Waals surface area (Å²) in [7, 11) is -3.89. The lowest BCUT2D eigenvalue weighted by molar-refractivity contribution is -0.142. The molecule has 7 nitrogen and oxygen atoms in total. The molecule has 134 valence electrons. The minimum atomic E-state index is -3.89. The molecule has 0 aliphatic carbocycles. The van der Waals surface area contributed by atoms with Crippen molar-refractivity contribution >= 4 is 32.4 Å². The fraction of sp³-hybridized carbons (Fsp3) is 0.333. The monoisotopic (exact) mass is 385 g/mol. The molecule has 0 radical (unpaired) electrons. The number of ether oxygens (including phenoxy) is 1. The topological polar surface area (TPSA) is 88.6 Å². The van der Waals surface area contributed by atoms with Gasteiger partial charge in [-0.25, -0.2) is 17.8 Å². The Balaban J connectivity index is 1.62. The molecule has 2 heterocycles. The molecule has 1 amide bonds. The zero-order valence-electron chi connectivity index (χ0n) is 13.1. The number of amides is 1. The first kappa shape index (κ1) is 17.8. The second-order valence-corrected chi connectivity index (χ2v) is 7.93. The number of aromatic nitrogens is 1. The zero-order valence-corrected chi connectivity index (χ0v) is 14.8. The van der Waals surface area contributed by atoms with Crippen LogP contribution in [0.15, 0.2) is 34.5 Å². The van der Waals surface area contributed by atoms with Crippen LogP contribution in [-0.2, 0) is 26.0 Å². The lowest BCUT2D eigenvalue weighted by Gasteiger charge is -2.26.